The standard InChI is InChI=1S/C28H35F4N7O/c29-27(30)8-17(35-12-27)25-33-10-19(37-25)14-1-3-21-23(7-14)40-22-4-2-15(16-5-6-39(21)24(16)22)20-11-34-26(38-20)18-9-28(31,32)13-36-18/h5-6,10-11,14-18,21-24,35-36H,1-4,7-9,12-13H2,(H,33,37)(H,34,38). The highest BCUT2D eigenvalue weighted by atomic mass is 19.3. The average molecular weight is 562 g/mol. The summed E-state index contributed by atoms with van der Waals surface area (Å²) in [7, 11) is 0. The van der Waals surface area contributed by atoms with E-state index in [1.807, 2.05) is 12.4 Å². The molecule has 6 aliphatic rings. The van der Waals surface area contributed by atoms with Gasteiger partial charge in [-0.15, -0.1) is 0 Å². The molecular weight excluding hydrogens is 526 g/mol. The number of imidazole rings is 2. The first-order valence-electron chi connectivity index (χ1n) is 14.7. The number of halogens is 4. The van der Waals surface area contributed by atoms with E-state index in [9.17, 15) is 17.6 Å². The van der Waals surface area contributed by atoms with Crippen molar-refractivity contribution in [2.24, 2.45) is 5.92 Å². The zero-order valence-electron chi connectivity index (χ0n) is 22.1. The topological polar surface area (TPSA) is 93.9 Å². The summed E-state index contributed by atoms with van der Waals surface area (Å²) in [6.07, 6.45) is 12.8. The summed E-state index contributed by atoms with van der Waals surface area (Å²) >= 11 is 0. The Morgan fingerprint density at radius 3 is 2.17 bits per heavy atom. The zero-order valence-corrected chi connectivity index (χ0v) is 22.1. The molecule has 9 unspecified atom stereocenters. The van der Waals surface area contributed by atoms with Crippen molar-refractivity contribution in [3.05, 3.63) is 47.7 Å². The second-order valence-corrected chi connectivity index (χ2v) is 12.8. The Kier molecular flexibility index (Phi) is 5.71. The molecule has 3 saturated heterocycles. The van der Waals surface area contributed by atoms with Crippen molar-refractivity contribution in [2.45, 2.75) is 105 Å². The molecule has 8 nitrogen and oxygen atoms in total. The van der Waals surface area contributed by atoms with Gasteiger partial charge in [0.2, 0.25) is 0 Å². The highest BCUT2D eigenvalue weighted by Crippen LogP contribution is 2.51. The lowest BCUT2D eigenvalue weighted by molar-refractivity contribution is -0.168. The molecule has 5 fully saturated rings. The van der Waals surface area contributed by atoms with Crippen molar-refractivity contribution in [1.29, 1.82) is 0 Å². The van der Waals surface area contributed by atoms with E-state index in [0.717, 1.165) is 43.5 Å². The Bertz CT molecular complexity index is 1290. The van der Waals surface area contributed by atoms with Gasteiger partial charge in [-0.2, -0.15) is 0 Å². The predicted molar refractivity (Wildman–Crippen MR) is 137 cm³/mol. The van der Waals surface area contributed by atoms with E-state index in [0.29, 0.717) is 17.7 Å². The lowest BCUT2D eigenvalue weighted by Gasteiger charge is -2.54. The average Bonchev–Trinajstić information content (AvgIpc) is 3.74. The fourth-order valence-corrected chi connectivity index (χ4v) is 8.35. The van der Waals surface area contributed by atoms with E-state index < -0.39 is 23.9 Å². The number of H-pyrrole nitrogens is 2. The fraction of sp³-hybridized carbons (Fsp3) is 0.714. The third-order valence-electron chi connectivity index (χ3n) is 10.3. The maximum absolute atomic E-state index is 13.7. The molecule has 2 saturated carbocycles. The van der Waals surface area contributed by atoms with E-state index >= 15 is 0 Å². The molecule has 0 radical (unpaired) electrons. The van der Waals surface area contributed by atoms with Crippen molar-refractivity contribution in [2.75, 3.05) is 13.1 Å². The summed E-state index contributed by atoms with van der Waals surface area (Å²) in [5.74, 6) is -3.37. The summed E-state index contributed by atoms with van der Waals surface area (Å²) < 4.78 is 61.6. The molecular formula is C28H35F4N7O. The Morgan fingerprint density at radius 2 is 1.50 bits per heavy atom. The first-order valence-corrected chi connectivity index (χ1v) is 14.7. The summed E-state index contributed by atoms with van der Waals surface area (Å²) in [6, 6.07) is -0.302. The summed E-state index contributed by atoms with van der Waals surface area (Å²) in [5.41, 5.74) is 2.04. The number of hydrogen-bond donors (Lipinski definition) is 4. The van der Waals surface area contributed by atoms with Gasteiger partial charge in [-0.3, -0.25) is 0 Å². The number of nitrogens with zero attached hydrogens (tertiary/aromatic N) is 3. The first-order chi connectivity index (χ1) is 19.2. The first kappa shape index (κ1) is 25.3. The summed E-state index contributed by atoms with van der Waals surface area (Å²) in [5, 5.41) is 5.78. The number of aromatic nitrogens is 4. The van der Waals surface area contributed by atoms with Gasteiger partial charge in [-0.05, 0) is 38.3 Å². The second kappa shape index (κ2) is 9.03. The lowest BCUT2D eigenvalue weighted by atomic mass is 9.71. The minimum atomic E-state index is -2.69. The Hall–Kier alpha value is -2.44. The second-order valence-electron chi connectivity index (χ2n) is 12.8. The van der Waals surface area contributed by atoms with Gasteiger partial charge in [-0.1, -0.05) is 6.08 Å². The molecule has 0 aromatic carbocycles. The van der Waals surface area contributed by atoms with Crippen LogP contribution in [0.1, 0.15) is 91.9 Å². The molecule has 40 heavy (non-hydrogen) atoms. The number of aromatic amines is 2. The van der Waals surface area contributed by atoms with Gasteiger partial charge < -0.3 is 30.2 Å². The maximum Gasteiger partial charge on any atom is 0.262 e. The number of morpholine rings is 1. The molecule has 12 heteroatoms. The number of nitrogens with one attached hydrogen (secondary N) is 4. The zero-order chi connectivity index (χ0) is 27.2. The largest absolute Gasteiger partial charge is 0.371 e. The lowest BCUT2D eigenvalue weighted by Crippen LogP contribution is -2.62. The maximum atomic E-state index is 13.7. The van der Waals surface area contributed by atoms with E-state index in [2.05, 4.69) is 47.7 Å². The van der Waals surface area contributed by atoms with Crippen molar-refractivity contribution in [1.82, 2.24) is 35.5 Å². The summed E-state index contributed by atoms with van der Waals surface area (Å²) in [6.45, 7) is -0.610. The molecule has 9 atom stereocenters. The van der Waals surface area contributed by atoms with Gasteiger partial charge in [0.15, 0.2) is 0 Å². The van der Waals surface area contributed by atoms with Crippen LogP contribution in [0.25, 0.3) is 0 Å². The molecule has 2 aromatic rings. The van der Waals surface area contributed by atoms with Gasteiger partial charge in [0.05, 0.1) is 49.5 Å². The number of alkyl halides is 4. The van der Waals surface area contributed by atoms with Crippen LogP contribution >= 0.6 is 0 Å². The molecule has 0 bridgehead atoms. The third kappa shape index (κ3) is 4.20. The third-order valence-corrected chi connectivity index (χ3v) is 10.3. The smallest absolute Gasteiger partial charge is 0.262 e. The van der Waals surface area contributed by atoms with Crippen LogP contribution in [0.15, 0.2) is 24.7 Å². The van der Waals surface area contributed by atoms with Gasteiger partial charge in [0, 0.05) is 54.4 Å². The van der Waals surface area contributed by atoms with E-state index in [1.54, 1.807) is 0 Å². The quantitative estimate of drug-likeness (QED) is 0.417. The van der Waals surface area contributed by atoms with Crippen LogP contribution in [0, 0.1) is 5.92 Å². The number of ether oxygens (including phenoxy) is 1. The van der Waals surface area contributed by atoms with Crippen molar-refractivity contribution < 1.29 is 22.3 Å². The monoisotopic (exact) mass is 561 g/mol. The van der Waals surface area contributed by atoms with Crippen LogP contribution in [0.2, 0.25) is 0 Å². The highest BCUT2D eigenvalue weighted by molar-refractivity contribution is 5.25. The molecule has 0 amide bonds. The van der Waals surface area contributed by atoms with Crippen LogP contribution in [0.5, 0.6) is 0 Å². The molecule has 8 rings (SSSR count). The predicted octanol–water partition coefficient (Wildman–Crippen LogP) is 4.27. The van der Waals surface area contributed by atoms with Crippen LogP contribution in [-0.2, 0) is 4.74 Å². The minimum Gasteiger partial charge on any atom is -0.371 e. The SMILES string of the molecule is FC1(F)CNC(c2ncc(C3CCC4C(C3)OC3CCC(c5cnc(C6CC(F)(F)CN6)[nH]5)C5C=CN4C35)[nH]2)C1. The number of hydrogen-bond acceptors (Lipinski definition) is 6. The molecule has 6 heterocycles. The van der Waals surface area contributed by atoms with Crippen LogP contribution in [0.3, 0.4) is 0 Å². The van der Waals surface area contributed by atoms with Crippen LogP contribution in [0.4, 0.5) is 17.6 Å². The highest BCUT2D eigenvalue weighted by Gasteiger charge is 2.53. The van der Waals surface area contributed by atoms with Gasteiger partial charge in [-0.25, -0.2) is 27.5 Å². The molecule has 2 aliphatic carbocycles. The Morgan fingerprint density at radius 1 is 0.825 bits per heavy atom. The van der Waals surface area contributed by atoms with Crippen LogP contribution < -0.4 is 10.6 Å². The number of fused-ring (bicyclic) bond motifs is 2. The Balaban J connectivity index is 0.945. The van der Waals surface area contributed by atoms with E-state index in [4.69, 9.17) is 4.74 Å². The van der Waals surface area contributed by atoms with E-state index in [-0.39, 0.29) is 61.9 Å². The van der Waals surface area contributed by atoms with Crippen molar-refractivity contribution in [3.63, 3.8) is 0 Å². The molecule has 2 aromatic heterocycles. The summed E-state index contributed by atoms with van der Waals surface area (Å²) in [4.78, 5) is 18.2. The van der Waals surface area contributed by atoms with E-state index in [1.165, 1.54) is 0 Å². The van der Waals surface area contributed by atoms with Gasteiger partial charge in [0.1, 0.15) is 11.6 Å². The molecule has 216 valence electrons. The van der Waals surface area contributed by atoms with Crippen molar-refractivity contribution in [3.8, 4) is 0 Å². The van der Waals surface area contributed by atoms with Gasteiger partial charge >= 0.3 is 0 Å². The van der Waals surface area contributed by atoms with Gasteiger partial charge in [0.25, 0.3) is 11.8 Å². The molecule has 0 spiro atoms. The Labute approximate surface area is 229 Å². The van der Waals surface area contributed by atoms with Crippen LogP contribution in [-0.4, -0.2) is 74.1 Å². The molecule has 4 aliphatic heterocycles. The molecule has 4 N–H and O–H groups in total. The normalized spacial score (nSPS) is 41.3. The van der Waals surface area contributed by atoms with Crippen molar-refractivity contribution >= 4 is 0 Å². The minimum absolute atomic E-state index is 0.106. The fourth-order valence-electron chi connectivity index (χ4n) is 8.35. The number of rotatable bonds is 4.